The summed E-state index contributed by atoms with van der Waals surface area (Å²) in [5, 5.41) is 10.0. The number of ether oxygens (including phenoxy) is 1. The van der Waals surface area contributed by atoms with Crippen molar-refractivity contribution in [1.29, 1.82) is 0 Å². The van der Waals surface area contributed by atoms with Crippen molar-refractivity contribution in [2.24, 2.45) is 0 Å². The number of carbonyl (C=O) groups is 1. The van der Waals surface area contributed by atoms with E-state index in [-0.39, 0.29) is 5.91 Å². The van der Waals surface area contributed by atoms with Gasteiger partial charge in [-0.05, 0) is 6.42 Å². The van der Waals surface area contributed by atoms with Crippen LogP contribution in [0.2, 0.25) is 0 Å². The molecule has 26 heavy (non-hydrogen) atoms. The van der Waals surface area contributed by atoms with E-state index in [4.69, 9.17) is 4.74 Å². The lowest BCUT2D eigenvalue weighted by Gasteiger charge is -2.28. The molecule has 1 unspecified atom stereocenters. The Kier molecular flexibility index (Phi) is 14.9. The van der Waals surface area contributed by atoms with Gasteiger partial charge in [0.05, 0.1) is 13.2 Å². The van der Waals surface area contributed by atoms with Crippen molar-refractivity contribution in [3.63, 3.8) is 0 Å². The summed E-state index contributed by atoms with van der Waals surface area (Å²) in [5.41, 5.74) is 0. The second kappa shape index (κ2) is 16.6. The first-order valence-electron chi connectivity index (χ1n) is 11.3. The van der Waals surface area contributed by atoms with E-state index in [9.17, 15) is 9.90 Å². The summed E-state index contributed by atoms with van der Waals surface area (Å²) >= 11 is 0. The fourth-order valence-electron chi connectivity index (χ4n) is 3.65. The minimum Gasteiger partial charge on any atom is -0.383 e. The van der Waals surface area contributed by atoms with Crippen molar-refractivity contribution >= 4 is 5.91 Å². The molecule has 1 amide bonds. The lowest BCUT2D eigenvalue weighted by Crippen LogP contribution is -2.45. The third-order valence-corrected chi connectivity index (χ3v) is 5.44. The third kappa shape index (κ3) is 11.9. The van der Waals surface area contributed by atoms with Crippen molar-refractivity contribution in [2.45, 2.75) is 109 Å². The van der Waals surface area contributed by atoms with Gasteiger partial charge in [-0.25, -0.2) is 0 Å². The van der Waals surface area contributed by atoms with Crippen molar-refractivity contribution < 1.29 is 14.6 Å². The summed E-state index contributed by atoms with van der Waals surface area (Å²) in [6.07, 6.45) is 18.3. The van der Waals surface area contributed by atoms with Crippen LogP contribution in [0, 0.1) is 0 Å². The first kappa shape index (κ1) is 23.4. The highest BCUT2D eigenvalue weighted by molar-refractivity contribution is 5.80. The number of morpholine rings is 1. The van der Waals surface area contributed by atoms with Crippen LogP contribution >= 0.6 is 0 Å². The number of carbonyl (C=O) groups excluding carboxylic acids is 1. The molecule has 1 heterocycles. The molecule has 4 nitrogen and oxygen atoms in total. The quantitative estimate of drug-likeness (QED) is 0.386. The smallest absolute Gasteiger partial charge is 0.251 e. The van der Waals surface area contributed by atoms with Crippen LogP contribution in [-0.4, -0.2) is 48.3 Å². The molecule has 0 radical (unpaired) electrons. The molecule has 1 saturated heterocycles. The highest BCUT2D eigenvalue weighted by Gasteiger charge is 2.23. The first-order chi connectivity index (χ1) is 12.8. The summed E-state index contributed by atoms with van der Waals surface area (Å²) in [6.45, 7) is 4.70. The zero-order valence-electron chi connectivity index (χ0n) is 17.2. The van der Waals surface area contributed by atoms with Crippen molar-refractivity contribution in [3.05, 3.63) is 0 Å². The van der Waals surface area contributed by atoms with Gasteiger partial charge in [0.1, 0.15) is 6.10 Å². The Morgan fingerprint density at radius 2 is 1.23 bits per heavy atom. The van der Waals surface area contributed by atoms with E-state index >= 15 is 0 Å². The Labute approximate surface area is 161 Å². The molecule has 0 spiro atoms. The molecule has 4 heteroatoms. The van der Waals surface area contributed by atoms with E-state index in [0.717, 1.165) is 12.8 Å². The summed E-state index contributed by atoms with van der Waals surface area (Å²) < 4.78 is 5.24. The fourth-order valence-corrected chi connectivity index (χ4v) is 3.65. The van der Waals surface area contributed by atoms with E-state index in [0.29, 0.717) is 32.7 Å². The minimum absolute atomic E-state index is 0.108. The molecule has 1 aliphatic heterocycles. The van der Waals surface area contributed by atoms with Gasteiger partial charge < -0.3 is 14.7 Å². The molecule has 1 rings (SSSR count). The average Bonchev–Trinajstić information content (AvgIpc) is 2.68. The monoisotopic (exact) mass is 369 g/mol. The molecule has 1 fully saturated rings. The summed E-state index contributed by atoms with van der Waals surface area (Å²) in [5.74, 6) is -0.108. The van der Waals surface area contributed by atoms with E-state index in [1.54, 1.807) is 4.90 Å². The fraction of sp³-hybridized carbons (Fsp3) is 0.955. The van der Waals surface area contributed by atoms with Crippen LogP contribution in [0.1, 0.15) is 103 Å². The van der Waals surface area contributed by atoms with E-state index in [1.807, 2.05) is 0 Å². The Balaban J connectivity index is 1.82. The number of unbranched alkanes of at least 4 members (excludes halogenated alkanes) is 13. The van der Waals surface area contributed by atoms with Gasteiger partial charge in [-0.3, -0.25) is 4.79 Å². The summed E-state index contributed by atoms with van der Waals surface area (Å²) in [4.78, 5) is 13.8. The van der Waals surface area contributed by atoms with Crippen molar-refractivity contribution in [1.82, 2.24) is 4.90 Å². The molecule has 0 aliphatic carbocycles. The van der Waals surface area contributed by atoms with E-state index < -0.39 is 6.10 Å². The highest BCUT2D eigenvalue weighted by Crippen LogP contribution is 2.14. The van der Waals surface area contributed by atoms with Gasteiger partial charge in [0.15, 0.2) is 0 Å². The van der Waals surface area contributed by atoms with Gasteiger partial charge in [-0.15, -0.1) is 0 Å². The van der Waals surface area contributed by atoms with Crippen molar-refractivity contribution in [3.8, 4) is 0 Å². The standard InChI is InChI=1S/C22H43NO3/c1-2-3-4-5-6-7-8-9-10-11-12-13-14-15-16-21(24)22(25)23-17-19-26-20-18-23/h21,24H,2-20H2,1H3. The van der Waals surface area contributed by atoms with Gasteiger partial charge in [0.25, 0.3) is 5.91 Å². The predicted molar refractivity (Wildman–Crippen MR) is 108 cm³/mol. The Bertz CT molecular complexity index is 329. The number of amides is 1. The SMILES string of the molecule is CCCCCCCCCCCCCCCCC(O)C(=O)N1CCOCC1. The van der Waals surface area contributed by atoms with Gasteiger partial charge in [0.2, 0.25) is 0 Å². The third-order valence-electron chi connectivity index (χ3n) is 5.44. The normalized spacial score (nSPS) is 16.0. The van der Waals surface area contributed by atoms with Crippen LogP contribution in [-0.2, 0) is 9.53 Å². The second-order valence-corrected chi connectivity index (χ2v) is 7.84. The van der Waals surface area contributed by atoms with Crippen LogP contribution in [0.4, 0.5) is 0 Å². The highest BCUT2D eigenvalue weighted by atomic mass is 16.5. The van der Waals surface area contributed by atoms with E-state index in [2.05, 4.69) is 6.92 Å². The van der Waals surface area contributed by atoms with Crippen LogP contribution in [0.5, 0.6) is 0 Å². The van der Waals surface area contributed by atoms with Gasteiger partial charge in [-0.2, -0.15) is 0 Å². The summed E-state index contributed by atoms with van der Waals surface area (Å²) in [7, 11) is 0. The molecule has 0 bridgehead atoms. The minimum atomic E-state index is -0.814. The molecule has 0 aromatic heterocycles. The van der Waals surface area contributed by atoms with Crippen molar-refractivity contribution in [2.75, 3.05) is 26.3 Å². The Hall–Kier alpha value is -0.610. The zero-order chi connectivity index (χ0) is 18.9. The number of nitrogens with zero attached hydrogens (tertiary/aromatic N) is 1. The van der Waals surface area contributed by atoms with Crippen LogP contribution in [0.15, 0.2) is 0 Å². The maximum absolute atomic E-state index is 12.1. The maximum Gasteiger partial charge on any atom is 0.251 e. The number of rotatable bonds is 16. The first-order valence-corrected chi connectivity index (χ1v) is 11.3. The summed E-state index contributed by atoms with van der Waals surface area (Å²) in [6, 6.07) is 0. The van der Waals surface area contributed by atoms with Crippen LogP contribution in [0.3, 0.4) is 0 Å². The molecule has 154 valence electrons. The maximum atomic E-state index is 12.1. The molecule has 1 N–H and O–H groups in total. The van der Waals surface area contributed by atoms with Gasteiger partial charge >= 0.3 is 0 Å². The molecule has 1 aliphatic rings. The topological polar surface area (TPSA) is 49.8 Å². The molecular formula is C22H43NO3. The number of aliphatic hydroxyl groups excluding tert-OH is 1. The van der Waals surface area contributed by atoms with Crippen LogP contribution < -0.4 is 0 Å². The van der Waals surface area contributed by atoms with Crippen LogP contribution in [0.25, 0.3) is 0 Å². The number of hydrogen-bond acceptors (Lipinski definition) is 3. The molecule has 0 aromatic rings. The largest absolute Gasteiger partial charge is 0.383 e. The second-order valence-electron chi connectivity index (χ2n) is 7.84. The molecule has 0 aromatic carbocycles. The Morgan fingerprint density at radius 1 is 0.808 bits per heavy atom. The molecule has 0 saturated carbocycles. The lowest BCUT2D eigenvalue weighted by molar-refractivity contribution is -0.144. The van der Waals surface area contributed by atoms with E-state index in [1.165, 1.54) is 77.0 Å². The number of aliphatic hydroxyl groups is 1. The molecular weight excluding hydrogens is 326 g/mol. The Morgan fingerprint density at radius 3 is 1.69 bits per heavy atom. The lowest BCUT2D eigenvalue weighted by atomic mass is 10.0. The average molecular weight is 370 g/mol. The zero-order valence-corrected chi connectivity index (χ0v) is 17.2. The molecule has 1 atom stereocenters. The number of hydrogen-bond donors (Lipinski definition) is 1. The van der Waals surface area contributed by atoms with Gasteiger partial charge in [-0.1, -0.05) is 96.8 Å². The predicted octanol–water partition coefficient (Wildman–Crippen LogP) is 5.08. The van der Waals surface area contributed by atoms with Gasteiger partial charge in [0, 0.05) is 13.1 Å².